The highest BCUT2D eigenvalue weighted by Crippen LogP contribution is 2.34. The molecular weight excluding hydrogens is 282 g/mol. The normalized spacial score (nSPS) is 18.5. The molecule has 22 heavy (non-hydrogen) atoms. The molecule has 6 heteroatoms. The molecule has 1 atom stereocenters. The lowest BCUT2D eigenvalue weighted by Crippen LogP contribution is -2.28. The third-order valence-electron chi connectivity index (χ3n) is 4.03. The van der Waals surface area contributed by atoms with Gasteiger partial charge in [0.2, 0.25) is 0 Å². The molecule has 0 amide bonds. The van der Waals surface area contributed by atoms with Crippen molar-refractivity contribution in [2.75, 3.05) is 13.7 Å². The van der Waals surface area contributed by atoms with Crippen LogP contribution >= 0.6 is 0 Å². The SMILES string of the molecule is COc1cccc(C2CCCN2Cc2cc(=O)[nH]c(=O)[nH]2)c1. The smallest absolute Gasteiger partial charge is 0.325 e. The lowest BCUT2D eigenvalue weighted by molar-refractivity contribution is 0.244. The number of methoxy groups -OCH3 is 1. The Hall–Kier alpha value is -2.34. The van der Waals surface area contributed by atoms with Crippen molar-refractivity contribution in [3.8, 4) is 5.75 Å². The monoisotopic (exact) mass is 301 g/mol. The van der Waals surface area contributed by atoms with Crippen LogP contribution in [-0.4, -0.2) is 28.5 Å². The standard InChI is InChI=1S/C16H19N3O3/c1-22-13-5-2-4-11(8-13)14-6-3-7-19(14)10-12-9-15(20)18-16(21)17-12/h2,4-5,8-9,14H,3,6-7,10H2,1H3,(H2,17,18,20,21). The molecule has 0 bridgehead atoms. The molecule has 2 heterocycles. The minimum atomic E-state index is -0.459. The summed E-state index contributed by atoms with van der Waals surface area (Å²) in [7, 11) is 1.66. The third-order valence-corrected chi connectivity index (χ3v) is 4.03. The van der Waals surface area contributed by atoms with Gasteiger partial charge in [-0.05, 0) is 37.1 Å². The van der Waals surface area contributed by atoms with Crippen molar-refractivity contribution < 1.29 is 4.74 Å². The van der Waals surface area contributed by atoms with Crippen LogP contribution in [0.5, 0.6) is 5.75 Å². The molecule has 1 aromatic heterocycles. The second kappa shape index (κ2) is 6.19. The largest absolute Gasteiger partial charge is 0.497 e. The molecule has 1 aromatic carbocycles. The Bertz CT molecular complexity index is 737. The minimum absolute atomic E-state index is 0.276. The summed E-state index contributed by atoms with van der Waals surface area (Å²) in [5, 5.41) is 0. The highest BCUT2D eigenvalue weighted by Gasteiger charge is 2.26. The van der Waals surface area contributed by atoms with Crippen LogP contribution in [0.25, 0.3) is 0 Å². The summed E-state index contributed by atoms with van der Waals surface area (Å²) in [6.07, 6.45) is 2.15. The second-order valence-electron chi connectivity index (χ2n) is 5.52. The maximum Gasteiger partial charge on any atom is 0.325 e. The van der Waals surface area contributed by atoms with E-state index in [0.717, 1.165) is 25.1 Å². The summed E-state index contributed by atoms with van der Waals surface area (Å²) < 4.78 is 5.29. The van der Waals surface area contributed by atoms with E-state index >= 15 is 0 Å². The topological polar surface area (TPSA) is 78.2 Å². The number of H-pyrrole nitrogens is 2. The van der Waals surface area contributed by atoms with Crippen LogP contribution in [0.2, 0.25) is 0 Å². The van der Waals surface area contributed by atoms with Crippen molar-refractivity contribution in [2.45, 2.75) is 25.4 Å². The number of ether oxygens (including phenoxy) is 1. The zero-order valence-corrected chi connectivity index (χ0v) is 12.5. The first-order valence-electron chi connectivity index (χ1n) is 7.36. The molecule has 1 saturated heterocycles. The number of likely N-dealkylation sites (tertiary alicyclic amines) is 1. The van der Waals surface area contributed by atoms with Crippen LogP contribution in [0.1, 0.15) is 30.1 Å². The number of nitrogens with zero attached hydrogens (tertiary/aromatic N) is 1. The molecule has 0 radical (unpaired) electrons. The van der Waals surface area contributed by atoms with Crippen LogP contribution in [0.15, 0.2) is 39.9 Å². The van der Waals surface area contributed by atoms with Gasteiger partial charge in [0, 0.05) is 24.3 Å². The van der Waals surface area contributed by atoms with Crippen LogP contribution in [0.4, 0.5) is 0 Å². The molecular formula is C16H19N3O3. The maximum absolute atomic E-state index is 11.4. The highest BCUT2D eigenvalue weighted by molar-refractivity contribution is 5.31. The minimum Gasteiger partial charge on any atom is -0.497 e. The van der Waals surface area contributed by atoms with Crippen molar-refractivity contribution in [2.24, 2.45) is 0 Å². The second-order valence-corrected chi connectivity index (χ2v) is 5.52. The lowest BCUT2D eigenvalue weighted by Gasteiger charge is -2.24. The molecule has 1 aliphatic heterocycles. The van der Waals surface area contributed by atoms with Gasteiger partial charge in [-0.15, -0.1) is 0 Å². The van der Waals surface area contributed by atoms with E-state index in [1.165, 1.54) is 11.6 Å². The fourth-order valence-corrected chi connectivity index (χ4v) is 3.07. The van der Waals surface area contributed by atoms with E-state index in [4.69, 9.17) is 4.74 Å². The number of hydrogen-bond donors (Lipinski definition) is 2. The number of aromatic nitrogens is 2. The molecule has 0 spiro atoms. The Labute approximate surface area is 127 Å². The molecule has 2 aromatic rings. The van der Waals surface area contributed by atoms with Gasteiger partial charge in [-0.2, -0.15) is 0 Å². The van der Waals surface area contributed by atoms with Crippen molar-refractivity contribution in [3.63, 3.8) is 0 Å². The number of rotatable bonds is 4. The summed E-state index contributed by atoms with van der Waals surface area (Å²) in [6, 6.07) is 9.77. The summed E-state index contributed by atoms with van der Waals surface area (Å²) in [4.78, 5) is 29.9. The molecule has 1 aliphatic rings. The van der Waals surface area contributed by atoms with Crippen molar-refractivity contribution in [1.29, 1.82) is 0 Å². The zero-order valence-electron chi connectivity index (χ0n) is 12.5. The molecule has 1 fully saturated rings. The zero-order chi connectivity index (χ0) is 15.5. The van der Waals surface area contributed by atoms with E-state index < -0.39 is 5.69 Å². The van der Waals surface area contributed by atoms with Gasteiger partial charge in [-0.25, -0.2) is 4.79 Å². The Kier molecular flexibility index (Phi) is 4.11. The number of nitrogens with one attached hydrogen (secondary N) is 2. The fraction of sp³-hybridized carbons (Fsp3) is 0.375. The quantitative estimate of drug-likeness (QED) is 0.895. The van der Waals surface area contributed by atoms with Crippen LogP contribution in [0, 0.1) is 0 Å². The first-order valence-corrected chi connectivity index (χ1v) is 7.36. The van der Waals surface area contributed by atoms with E-state index in [-0.39, 0.29) is 11.6 Å². The van der Waals surface area contributed by atoms with E-state index in [2.05, 4.69) is 20.9 Å². The van der Waals surface area contributed by atoms with E-state index in [1.807, 2.05) is 18.2 Å². The summed E-state index contributed by atoms with van der Waals surface area (Å²) in [5.41, 5.74) is 1.02. The number of aromatic amines is 2. The average molecular weight is 301 g/mol. The predicted octanol–water partition coefficient (Wildman–Crippen LogP) is 1.41. The molecule has 116 valence electrons. The average Bonchev–Trinajstić information content (AvgIpc) is 2.94. The van der Waals surface area contributed by atoms with Gasteiger partial charge in [-0.3, -0.25) is 14.7 Å². The van der Waals surface area contributed by atoms with Gasteiger partial charge in [0.25, 0.3) is 5.56 Å². The predicted molar refractivity (Wildman–Crippen MR) is 83.1 cm³/mol. The van der Waals surface area contributed by atoms with E-state index in [0.29, 0.717) is 12.2 Å². The summed E-state index contributed by atoms with van der Waals surface area (Å²) in [6.45, 7) is 1.50. The van der Waals surface area contributed by atoms with Crippen LogP contribution in [0.3, 0.4) is 0 Å². The highest BCUT2D eigenvalue weighted by atomic mass is 16.5. The van der Waals surface area contributed by atoms with Crippen LogP contribution < -0.4 is 16.0 Å². The Morgan fingerprint density at radius 3 is 2.91 bits per heavy atom. The number of benzene rings is 1. The molecule has 1 unspecified atom stereocenters. The first-order chi connectivity index (χ1) is 10.7. The Morgan fingerprint density at radius 2 is 2.14 bits per heavy atom. The van der Waals surface area contributed by atoms with Gasteiger partial charge in [-0.1, -0.05) is 12.1 Å². The summed E-state index contributed by atoms with van der Waals surface area (Å²) in [5.74, 6) is 0.842. The lowest BCUT2D eigenvalue weighted by atomic mass is 10.0. The third kappa shape index (κ3) is 3.12. The maximum atomic E-state index is 11.4. The van der Waals surface area contributed by atoms with E-state index in [1.54, 1.807) is 7.11 Å². The van der Waals surface area contributed by atoms with Crippen molar-refractivity contribution in [1.82, 2.24) is 14.9 Å². The number of hydrogen-bond acceptors (Lipinski definition) is 4. The fourth-order valence-electron chi connectivity index (χ4n) is 3.07. The molecule has 2 N–H and O–H groups in total. The molecule has 3 rings (SSSR count). The van der Waals surface area contributed by atoms with Crippen molar-refractivity contribution in [3.05, 3.63) is 62.4 Å². The van der Waals surface area contributed by atoms with Crippen molar-refractivity contribution >= 4 is 0 Å². The van der Waals surface area contributed by atoms with E-state index in [9.17, 15) is 9.59 Å². The first kappa shape index (κ1) is 14.6. The van der Waals surface area contributed by atoms with Gasteiger partial charge in [0.1, 0.15) is 5.75 Å². The molecule has 0 aliphatic carbocycles. The summed E-state index contributed by atoms with van der Waals surface area (Å²) >= 11 is 0. The van der Waals surface area contributed by atoms with Gasteiger partial charge in [0.05, 0.1) is 7.11 Å². The molecule has 6 nitrogen and oxygen atoms in total. The van der Waals surface area contributed by atoms with Gasteiger partial charge < -0.3 is 9.72 Å². The molecule has 0 saturated carbocycles. The van der Waals surface area contributed by atoms with Gasteiger partial charge in [0.15, 0.2) is 0 Å². The van der Waals surface area contributed by atoms with Crippen LogP contribution in [-0.2, 0) is 6.54 Å². The Morgan fingerprint density at radius 1 is 1.27 bits per heavy atom. The van der Waals surface area contributed by atoms with Gasteiger partial charge >= 0.3 is 5.69 Å². The Balaban J connectivity index is 1.83.